The summed E-state index contributed by atoms with van der Waals surface area (Å²) in [7, 11) is 1.57. The topological polar surface area (TPSA) is 49.9 Å². The van der Waals surface area contributed by atoms with E-state index in [1.165, 1.54) is 11.1 Å². The van der Waals surface area contributed by atoms with Crippen LogP contribution in [0.4, 0.5) is 0 Å². The van der Waals surface area contributed by atoms with Crippen LogP contribution in [-0.4, -0.2) is 54.9 Å². The van der Waals surface area contributed by atoms with Crippen molar-refractivity contribution in [2.45, 2.75) is 19.8 Å². The number of benzene rings is 2. The highest BCUT2D eigenvalue weighted by Crippen LogP contribution is 2.20. The first-order valence-electron chi connectivity index (χ1n) is 9.34. The zero-order valence-corrected chi connectivity index (χ0v) is 16.0. The number of ether oxygens (including phenoxy) is 1. The highest BCUT2D eigenvalue weighted by atomic mass is 16.5. The monoisotopic (exact) mass is 366 g/mol. The zero-order chi connectivity index (χ0) is 19.2. The van der Waals surface area contributed by atoms with Gasteiger partial charge in [0.2, 0.25) is 5.91 Å². The first-order chi connectivity index (χ1) is 13.1. The fourth-order valence-electron chi connectivity index (χ4n) is 3.43. The molecule has 1 saturated heterocycles. The molecular formula is C22H26N2O3. The SMILES string of the molecule is COc1ccccc1C(=O)N1CCN(C(=O)CCc2cccc(C)c2)CC1. The first kappa shape index (κ1) is 19.0. The Kier molecular flexibility index (Phi) is 6.12. The molecule has 2 aromatic rings. The fourth-order valence-corrected chi connectivity index (χ4v) is 3.43. The van der Waals surface area contributed by atoms with Crippen molar-refractivity contribution in [1.82, 2.24) is 9.80 Å². The minimum Gasteiger partial charge on any atom is -0.496 e. The van der Waals surface area contributed by atoms with E-state index in [1.54, 1.807) is 24.1 Å². The molecule has 3 rings (SSSR count). The smallest absolute Gasteiger partial charge is 0.257 e. The number of carbonyl (C=O) groups is 2. The first-order valence-corrected chi connectivity index (χ1v) is 9.34. The Morgan fingerprint density at radius 2 is 1.67 bits per heavy atom. The van der Waals surface area contributed by atoms with E-state index in [-0.39, 0.29) is 11.8 Å². The number of piperazine rings is 1. The van der Waals surface area contributed by atoms with Gasteiger partial charge in [-0.2, -0.15) is 0 Å². The molecule has 5 heteroatoms. The summed E-state index contributed by atoms with van der Waals surface area (Å²) in [5.74, 6) is 0.694. The van der Waals surface area contributed by atoms with E-state index < -0.39 is 0 Å². The molecule has 2 amide bonds. The van der Waals surface area contributed by atoms with Crippen molar-refractivity contribution in [3.8, 4) is 5.75 Å². The predicted octanol–water partition coefficient (Wildman–Crippen LogP) is 2.92. The lowest BCUT2D eigenvalue weighted by atomic mass is 10.1. The van der Waals surface area contributed by atoms with E-state index in [0.717, 1.165) is 6.42 Å². The van der Waals surface area contributed by atoms with Gasteiger partial charge < -0.3 is 14.5 Å². The van der Waals surface area contributed by atoms with Crippen molar-refractivity contribution in [3.63, 3.8) is 0 Å². The number of methoxy groups -OCH3 is 1. The van der Waals surface area contributed by atoms with Gasteiger partial charge in [0.25, 0.3) is 5.91 Å². The molecule has 142 valence electrons. The van der Waals surface area contributed by atoms with Crippen LogP contribution in [0.5, 0.6) is 5.75 Å². The molecule has 1 aliphatic rings. The molecule has 0 saturated carbocycles. The van der Waals surface area contributed by atoms with Crippen molar-refractivity contribution in [2.75, 3.05) is 33.3 Å². The number of amides is 2. The summed E-state index contributed by atoms with van der Waals surface area (Å²) < 4.78 is 5.29. The van der Waals surface area contributed by atoms with Crippen LogP contribution in [0, 0.1) is 6.92 Å². The average molecular weight is 366 g/mol. The third-order valence-corrected chi connectivity index (χ3v) is 4.97. The second kappa shape index (κ2) is 8.71. The lowest BCUT2D eigenvalue weighted by Gasteiger charge is -2.35. The van der Waals surface area contributed by atoms with Crippen LogP contribution in [0.1, 0.15) is 27.9 Å². The lowest BCUT2D eigenvalue weighted by molar-refractivity contribution is -0.132. The van der Waals surface area contributed by atoms with Gasteiger partial charge in [0.1, 0.15) is 5.75 Å². The molecule has 5 nitrogen and oxygen atoms in total. The molecule has 1 heterocycles. The quantitative estimate of drug-likeness (QED) is 0.818. The van der Waals surface area contributed by atoms with Gasteiger partial charge in [0.15, 0.2) is 0 Å². The van der Waals surface area contributed by atoms with Crippen molar-refractivity contribution in [3.05, 3.63) is 65.2 Å². The minimum absolute atomic E-state index is 0.0423. The molecule has 0 bridgehead atoms. The van der Waals surface area contributed by atoms with Crippen LogP contribution < -0.4 is 4.74 Å². The predicted molar refractivity (Wildman–Crippen MR) is 105 cm³/mol. The maximum Gasteiger partial charge on any atom is 0.257 e. The Hall–Kier alpha value is -2.82. The lowest BCUT2D eigenvalue weighted by Crippen LogP contribution is -2.50. The van der Waals surface area contributed by atoms with Gasteiger partial charge in [0, 0.05) is 32.6 Å². The van der Waals surface area contributed by atoms with Crippen LogP contribution in [0.2, 0.25) is 0 Å². The van der Waals surface area contributed by atoms with Gasteiger partial charge in [-0.3, -0.25) is 9.59 Å². The van der Waals surface area contributed by atoms with Gasteiger partial charge in [-0.25, -0.2) is 0 Å². The summed E-state index contributed by atoms with van der Waals surface area (Å²) >= 11 is 0. The molecule has 0 aliphatic carbocycles. The Balaban J connectivity index is 1.52. The summed E-state index contributed by atoms with van der Waals surface area (Å²) in [6, 6.07) is 15.5. The third-order valence-electron chi connectivity index (χ3n) is 4.97. The molecule has 1 fully saturated rings. The van der Waals surface area contributed by atoms with Gasteiger partial charge in [0.05, 0.1) is 12.7 Å². The van der Waals surface area contributed by atoms with Crippen molar-refractivity contribution < 1.29 is 14.3 Å². The highest BCUT2D eigenvalue weighted by Gasteiger charge is 2.26. The molecule has 0 aromatic heterocycles. The zero-order valence-electron chi connectivity index (χ0n) is 16.0. The molecule has 2 aromatic carbocycles. The number of para-hydroxylation sites is 1. The number of rotatable bonds is 5. The second-order valence-corrected chi connectivity index (χ2v) is 6.86. The van der Waals surface area contributed by atoms with Gasteiger partial charge in [-0.1, -0.05) is 42.0 Å². The van der Waals surface area contributed by atoms with E-state index in [4.69, 9.17) is 4.74 Å². The second-order valence-electron chi connectivity index (χ2n) is 6.86. The van der Waals surface area contributed by atoms with Crippen LogP contribution in [0.25, 0.3) is 0 Å². The van der Waals surface area contributed by atoms with Crippen molar-refractivity contribution in [2.24, 2.45) is 0 Å². The van der Waals surface area contributed by atoms with Gasteiger partial charge >= 0.3 is 0 Å². The molecule has 0 radical (unpaired) electrons. The molecular weight excluding hydrogens is 340 g/mol. The Morgan fingerprint density at radius 1 is 0.963 bits per heavy atom. The van der Waals surface area contributed by atoms with E-state index in [0.29, 0.717) is 43.9 Å². The Morgan fingerprint density at radius 3 is 2.37 bits per heavy atom. The molecule has 0 unspecified atom stereocenters. The maximum atomic E-state index is 12.7. The number of hydrogen-bond donors (Lipinski definition) is 0. The summed E-state index contributed by atoms with van der Waals surface area (Å²) in [5.41, 5.74) is 2.97. The average Bonchev–Trinajstić information content (AvgIpc) is 2.71. The fraction of sp³-hybridized carbons (Fsp3) is 0.364. The Labute approximate surface area is 160 Å². The van der Waals surface area contributed by atoms with Crippen molar-refractivity contribution in [1.29, 1.82) is 0 Å². The molecule has 0 N–H and O–H groups in total. The van der Waals surface area contributed by atoms with E-state index in [2.05, 4.69) is 25.1 Å². The van der Waals surface area contributed by atoms with Crippen LogP contribution in [0.15, 0.2) is 48.5 Å². The molecule has 1 aliphatic heterocycles. The number of nitrogens with zero attached hydrogens (tertiary/aromatic N) is 2. The summed E-state index contributed by atoms with van der Waals surface area (Å²) in [5, 5.41) is 0. The van der Waals surface area contributed by atoms with E-state index in [1.807, 2.05) is 23.1 Å². The minimum atomic E-state index is -0.0423. The summed E-state index contributed by atoms with van der Waals surface area (Å²) in [4.78, 5) is 28.9. The van der Waals surface area contributed by atoms with Gasteiger partial charge in [-0.05, 0) is 31.0 Å². The van der Waals surface area contributed by atoms with E-state index >= 15 is 0 Å². The number of hydrogen-bond acceptors (Lipinski definition) is 3. The third kappa shape index (κ3) is 4.67. The molecule has 27 heavy (non-hydrogen) atoms. The summed E-state index contributed by atoms with van der Waals surface area (Å²) in [6.07, 6.45) is 1.25. The van der Waals surface area contributed by atoms with Crippen LogP contribution >= 0.6 is 0 Å². The highest BCUT2D eigenvalue weighted by molar-refractivity contribution is 5.97. The van der Waals surface area contributed by atoms with Crippen molar-refractivity contribution >= 4 is 11.8 Å². The standard InChI is InChI=1S/C22H26N2O3/c1-17-6-5-7-18(16-17)10-11-21(25)23-12-14-24(15-13-23)22(26)19-8-3-4-9-20(19)27-2/h3-9,16H,10-15H2,1-2H3. The number of aryl methyl sites for hydroxylation is 2. The normalized spacial score (nSPS) is 14.1. The number of carbonyl (C=O) groups excluding carboxylic acids is 2. The van der Waals surface area contributed by atoms with Gasteiger partial charge in [-0.15, -0.1) is 0 Å². The van der Waals surface area contributed by atoms with E-state index in [9.17, 15) is 9.59 Å². The molecule has 0 spiro atoms. The maximum absolute atomic E-state index is 12.7. The largest absolute Gasteiger partial charge is 0.496 e. The van der Waals surface area contributed by atoms with Crippen LogP contribution in [-0.2, 0) is 11.2 Å². The molecule has 0 atom stereocenters. The Bertz CT molecular complexity index is 811. The van der Waals surface area contributed by atoms with Crippen LogP contribution in [0.3, 0.4) is 0 Å². The summed E-state index contributed by atoms with van der Waals surface area (Å²) in [6.45, 7) is 4.31.